The van der Waals surface area contributed by atoms with Crippen molar-refractivity contribution in [3.05, 3.63) is 58.1 Å². The molecule has 2 N–H and O–H groups in total. The number of piperazine rings is 1. The van der Waals surface area contributed by atoms with Gasteiger partial charge in [-0.25, -0.2) is 4.21 Å². The molecule has 0 radical (unpaired) electrons. The molecule has 2 bridgehead atoms. The summed E-state index contributed by atoms with van der Waals surface area (Å²) >= 11 is 6.50. The van der Waals surface area contributed by atoms with Crippen LogP contribution in [0.15, 0.2) is 36.4 Å². The van der Waals surface area contributed by atoms with Crippen molar-refractivity contribution in [2.24, 2.45) is 17.8 Å². The quantitative estimate of drug-likeness (QED) is 0.282. The van der Waals surface area contributed by atoms with Crippen LogP contribution in [0, 0.1) is 17.8 Å². The van der Waals surface area contributed by atoms with Gasteiger partial charge in [-0.05, 0) is 117 Å². The maximum absolute atomic E-state index is 14.0. The van der Waals surface area contributed by atoms with Crippen molar-refractivity contribution in [1.82, 2.24) is 14.5 Å². The van der Waals surface area contributed by atoms with E-state index in [0.717, 1.165) is 55.7 Å². The minimum absolute atomic E-state index is 0.00810. The van der Waals surface area contributed by atoms with Crippen LogP contribution in [0.1, 0.15) is 80.3 Å². The lowest BCUT2D eigenvalue weighted by Gasteiger charge is -2.52. The van der Waals surface area contributed by atoms with Crippen LogP contribution in [0.2, 0.25) is 5.02 Å². The fraction of sp³-hybridized carbons (Fsp3) is 0.651. The van der Waals surface area contributed by atoms with Gasteiger partial charge in [-0.2, -0.15) is 0 Å². The first-order chi connectivity index (χ1) is 26.8. The monoisotopic (exact) mass is 812 g/mol. The maximum atomic E-state index is 14.0. The second-order valence-electron chi connectivity index (χ2n) is 17.3. The van der Waals surface area contributed by atoms with E-state index in [9.17, 15) is 18.9 Å². The molecule has 1 spiro atoms. The zero-order valence-corrected chi connectivity index (χ0v) is 35.0. The number of benzene rings is 2. The number of hydrogen-bond donors (Lipinski definition) is 2. The van der Waals surface area contributed by atoms with Crippen molar-refractivity contribution in [2.75, 3.05) is 84.3 Å². The van der Waals surface area contributed by atoms with Gasteiger partial charge in [0.2, 0.25) is 5.91 Å². The molecule has 2 aliphatic carbocycles. The molecule has 5 aliphatic rings. The van der Waals surface area contributed by atoms with Gasteiger partial charge >= 0.3 is 0 Å². The van der Waals surface area contributed by atoms with Crippen molar-refractivity contribution in [3.63, 3.8) is 0 Å². The van der Waals surface area contributed by atoms with Crippen molar-refractivity contribution >= 4 is 44.7 Å². The Labute approximate surface area is 338 Å². The third kappa shape index (κ3) is 8.76. The average Bonchev–Trinajstić information content (AvgIpc) is 3.29. The van der Waals surface area contributed by atoms with Crippen molar-refractivity contribution in [2.45, 2.75) is 81.5 Å². The number of nitrogens with one attached hydrogen (secondary N) is 1. The van der Waals surface area contributed by atoms with E-state index in [0.29, 0.717) is 83.4 Å². The summed E-state index contributed by atoms with van der Waals surface area (Å²) < 4.78 is 34.2. The topological polar surface area (TPSA) is 121 Å². The molecule has 2 fully saturated rings. The Morgan fingerprint density at radius 1 is 1.05 bits per heavy atom. The predicted octanol–water partition coefficient (Wildman–Crippen LogP) is 4.95. The minimum atomic E-state index is -3.00. The Balaban J connectivity index is 1.19. The van der Waals surface area contributed by atoms with Crippen LogP contribution < -0.4 is 14.4 Å². The number of β-amino-alcohol motifs (C(OH)–C–C–N with tert-alkyl or cyclic N) is 1. The number of hydrogen-bond acceptors (Lipinski definition) is 9. The van der Waals surface area contributed by atoms with Gasteiger partial charge in [-0.3, -0.25) is 19.2 Å². The van der Waals surface area contributed by atoms with Gasteiger partial charge in [0.15, 0.2) is 0 Å². The maximum Gasteiger partial charge on any atom is 0.262 e. The molecule has 11 nitrogen and oxygen atoms in total. The van der Waals surface area contributed by atoms with Crippen molar-refractivity contribution in [3.8, 4) is 5.75 Å². The van der Waals surface area contributed by atoms with Gasteiger partial charge in [0.05, 0.1) is 54.0 Å². The van der Waals surface area contributed by atoms with Crippen LogP contribution in [0.4, 0.5) is 5.69 Å². The molecule has 0 aromatic heterocycles. The Bertz CT molecular complexity index is 1860. The van der Waals surface area contributed by atoms with E-state index in [4.69, 9.17) is 25.8 Å². The standard InChI is InChI=1S/C43H61ClN4O7S/c1-30-7-5-16-43(51,28-46-17-18-47(40(49)26-46)19-20-54-22-21-53-3)37-12-9-34(37)25-48-27-42(15-6-8-32-23-35(44)11-13-36(32)42)29-55-39-14-10-33(24-38(39)48)41(50)45-56(4,52)31(30)2/h10-11,13-14,23-24,30-31,34,37,51H,4-9,12,15-22,25-29H2,1-3H3,(H,45,50,52)/t30-,31+,34-,37+,42-,43+,56?/m0/s1. The second-order valence-corrected chi connectivity index (χ2v) is 20.1. The van der Waals surface area contributed by atoms with Gasteiger partial charge < -0.3 is 29.1 Å². The summed E-state index contributed by atoms with van der Waals surface area (Å²) in [5.41, 5.74) is 2.45. The van der Waals surface area contributed by atoms with Crippen molar-refractivity contribution < 1.29 is 33.1 Å². The van der Waals surface area contributed by atoms with Crippen LogP contribution in [-0.4, -0.2) is 127 Å². The number of methoxy groups -OCH3 is 1. The number of ether oxygens (including phenoxy) is 3. The van der Waals surface area contributed by atoms with Crippen LogP contribution >= 0.6 is 11.6 Å². The summed E-state index contributed by atoms with van der Waals surface area (Å²) in [5.74, 6) is 4.61. The van der Waals surface area contributed by atoms with E-state index in [1.54, 1.807) is 13.2 Å². The summed E-state index contributed by atoms with van der Waals surface area (Å²) in [5, 5.41) is 13.3. The summed E-state index contributed by atoms with van der Waals surface area (Å²) in [6, 6.07) is 11.8. The van der Waals surface area contributed by atoms with Gasteiger partial charge in [0.1, 0.15) is 5.75 Å². The number of fused-ring (bicyclic) bond motifs is 4. The largest absolute Gasteiger partial charge is 0.490 e. The molecular formula is C43H61ClN4O7S. The summed E-state index contributed by atoms with van der Waals surface area (Å²) in [6.07, 6.45) is 6.84. The Morgan fingerprint density at radius 3 is 2.66 bits per heavy atom. The van der Waals surface area contributed by atoms with E-state index >= 15 is 0 Å². The second kappa shape index (κ2) is 17.2. The van der Waals surface area contributed by atoms with Gasteiger partial charge in [-0.15, -0.1) is 0 Å². The molecule has 308 valence electrons. The molecular weight excluding hydrogens is 752 g/mol. The van der Waals surface area contributed by atoms with Crippen LogP contribution in [-0.2, 0) is 35.8 Å². The van der Waals surface area contributed by atoms with Gasteiger partial charge in [0.25, 0.3) is 5.91 Å². The normalized spacial score (nSPS) is 32.8. The molecule has 2 aromatic carbocycles. The molecule has 7 rings (SSSR count). The number of amides is 2. The van der Waals surface area contributed by atoms with E-state index < -0.39 is 21.2 Å². The number of nitrogens with zero attached hydrogens (tertiary/aromatic N) is 3. The number of aryl methyl sites for hydroxylation is 1. The number of carbonyl (C=O) groups excluding carboxylic acids is 2. The first-order valence-electron chi connectivity index (χ1n) is 20.6. The summed E-state index contributed by atoms with van der Waals surface area (Å²) in [4.78, 5) is 33.6. The van der Waals surface area contributed by atoms with E-state index in [1.807, 2.05) is 30.0 Å². The van der Waals surface area contributed by atoms with E-state index in [-0.39, 0.29) is 40.9 Å². The summed E-state index contributed by atoms with van der Waals surface area (Å²) in [6.45, 7) is 9.82. The molecule has 2 amide bonds. The zero-order valence-electron chi connectivity index (χ0n) is 33.4. The lowest BCUT2D eigenvalue weighted by atomic mass is 9.62. The molecule has 1 unspecified atom stereocenters. The molecule has 13 heteroatoms. The zero-order chi connectivity index (χ0) is 39.7. The first kappa shape index (κ1) is 41.3. The number of anilines is 1. The first-order valence-corrected chi connectivity index (χ1v) is 22.8. The fourth-order valence-corrected chi connectivity index (χ4v) is 11.7. The van der Waals surface area contributed by atoms with Crippen LogP contribution in [0.5, 0.6) is 5.75 Å². The molecule has 3 heterocycles. The number of aliphatic hydroxyl groups is 1. The molecule has 1 saturated carbocycles. The summed E-state index contributed by atoms with van der Waals surface area (Å²) in [7, 11) is -1.36. The fourth-order valence-electron chi connectivity index (χ4n) is 10.00. The molecule has 2 aromatic rings. The van der Waals surface area contributed by atoms with Gasteiger partial charge in [-0.1, -0.05) is 31.0 Å². The predicted molar refractivity (Wildman–Crippen MR) is 222 cm³/mol. The highest BCUT2D eigenvalue weighted by molar-refractivity contribution is 7.99. The number of halogens is 1. The Kier molecular flexibility index (Phi) is 12.7. The number of carbonyl (C=O) groups is 2. The minimum Gasteiger partial charge on any atom is -0.490 e. The van der Waals surface area contributed by atoms with Crippen molar-refractivity contribution in [1.29, 1.82) is 0 Å². The lowest BCUT2D eigenvalue weighted by Crippen LogP contribution is -2.60. The van der Waals surface area contributed by atoms with Crippen LogP contribution in [0.3, 0.4) is 0 Å². The highest BCUT2D eigenvalue weighted by Gasteiger charge is 2.50. The molecule has 56 heavy (non-hydrogen) atoms. The van der Waals surface area contributed by atoms with Gasteiger partial charge in [0, 0.05) is 67.6 Å². The highest BCUT2D eigenvalue weighted by Crippen LogP contribution is 2.49. The Morgan fingerprint density at radius 2 is 1.89 bits per heavy atom. The third-order valence-corrected chi connectivity index (χ3v) is 16.1. The lowest BCUT2D eigenvalue weighted by molar-refractivity contribution is -0.142. The smallest absolute Gasteiger partial charge is 0.262 e. The Hall–Kier alpha value is -2.87. The average molecular weight is 814 g/mol. The van der Waals surface area contributed by atoms with Crippen LogP contribution in [0.25, 0.3) is 0 Å². The number of rotatable bonds is 8. The highest BCUT2D eigenvalue weighted by atomic mass is 35.5. The SMILES string of the molecule is C=S1(=O)NC(=O)c2ccc3c(c2)N(C[C@@H]2CC[C@H]2[C@](O)(CN2CCN(CCOCCOC)C(=O)C2)CCC[C@H](C)[C@H]1C)C[C@@]1(CCCc2cc(Cl)ccc21)CO3. The van der Waals surface area contributed by atoms with E-state index in [2.05, 4.69) is 39.4 Å². The van der Waals surface area contributed by atoms with E-state index in [1.165, 1.54) is 11.1 Å². The molecule has 1 saturated heterocycles. The molecule has 3 aliphatic heterocycles. The third-order valence-electron chi connectivity index (χ3n) is 13.6. The molecule has 7 atom stereocenters.